The summed E-state index contributed by atoms with van der Waals surface area (Å²) in [5, 5.41) is 1.87. The van der Waals surface area contributed by atoms with E-state index in [1.807, 2.05) is 67.3 Å². The van der Waals surface area contributed by atoms with E-state index < -0.39 is 16.1 Å². The molecule has 0 bridgehead atoms. The van der Waals surface area contributed by atoms with Crippen LogP contribution >= 0.6 is 0 Å². The number of carbonyl (C=O) groups excluding carboxylic acids is 2. The Bertz CT molecular complexity index is 1390. The van der Waals surface area contributed by atoms with Crippen molar-refractivity contribution in [2.24, 2.45) is 0 Å². The Labute approximate surface area is 199 Å². The van der Waals surface area contributed by atoms with Gasteiger partial charge >= 0.3 is 0 Å². The highest BCUT2D eigenvalue weighted by molar-refractivity contribution is 7.89. The number of imide groups is 1. The first kappa shape index (κ1) is 22.7. The van der Waals surface area contributed by atoms with Gasteiger partial charge in [-0.05, 0) is 48.4 Å². The summed E-state index contributed by atoms with van der Waals surface area (Å²) in [7, 11) is -3.64. The lowest BCUT2D eigenvalue weighted by Crippen LogP contribution is -2.53. The first-order chi connectivity index (χ1) is 16.3. The van der Waals surface area contributed by atoms with Crippen molar-refractivity contribution in [2.45, 2.75) is 31.2 Å². The Hall–Kier alpha value is -3.07. The van der Waals surface area contributed by atoms with E-state index in [1.54, 1.807) is 12.1 Å². The predicted molar refractivity (Wildman–Crippen MR) is 131 cm³/mol. The van der Waals surface area contributed by atoms with E-state index in [1.165, 1.54) is 9.21 Å². The predicted octanol–water partition coefficient (Wildman–Crippen LogP) is 3.10. The SMILES string of the molecule is Cc1ccc(N2C(=O)CC(N3CCN(S(=O)(=O)c4ccc5ccccc5c4)CC3)C2=O)c(C)c1. The van der Waals surface area contributed by atoms with E-state index in [-0.39, 0.29) is 36.2 Å². The highest BCUT2D eigenvalue weighted by Crippen LogP contribution is 2.30. The summed E-state index contributed by atoms with van der Waals surface area (Å²) < 4.78 is 28.0. The summed E-state index contributed by atoms with van der Waals surface area (Å²) in [5.41, 5.74) is 2.58. The Kier molecular flexibility index (Phi) is 5.75. The van der Waals surface area contributed by atoms with Crippen LogP contribution in [0.1, 0.15) is 17.5 Å². The number of rotatable bonds is 4. The molecule has 3 aromatic carbocycles. The summed E-state index contributed by atoms with van der Waals surface area (Å²) in [5.74, 6) is -0.448. The second-order valence-corrected chi connectivity index (χ2v) is 11.0. The fourth-order valence-electron chi connectivity index (χ4n) is 4.94. The number of anilines is 1. The molecule has 0 saturated carbocycles. The van der Waals surface area contributed by atoms with Crippen LogP contribution in [0.15, 0.2) is 65.6 Å². The average Bonchev–Trinajstić information content (AvgIpc) is 3.12. The molecule has 0 radical (unpaired) electrons. The van der Waals surface area contributed by atoms with Crippen molar-refractivity contribution in [3.8, 4) is 0 Å². The largest absolute Gasteiger partial charge is 0.289 e. The van der Waals surface area contributed by atoms with Gasteiger partial charge in [0.15, 0.2) is 0 Å². The van der Waals surface area contributed by atoms with Crippen molar-refractivity contribution in [1.82, 2.24) is 9.21 Å². The van der Waals surface area contributed by atoms with Crippen LogP contribution in [-0.2, 0) is 19.6 Å². The van der Waals surface area contributed by atoms with Crippen molar-refractivity contribution in [2.75, 3.05) is 31.1 Å². The van der Waals surface area contributed by atoms with Gasteiger partial charge < -0.3 is 0 Å². The Balaban J connectivity index is 1.30. The smallest absolute Gasteiger partial charge is 0.251 e. The van der Waals surface area contributed by atoms with Crippen molar-refractivity contribution in [3.05, 3.63) is 71.8 Å². The van der Waals surface area contributed by atoms with E-state index in [0.717, 1.165) is 21.9 Å². The third kappa shape index (κ3) is 3.91. The molecule has 34 heavy (non-hydrogen) atoms. The molecular formula is C26H27N3O4S. The lowest BCUT2D eigenvalue weighted by Gasteiger charge is -2.36. The molecule has 176 valence electrons. The van der Waals surface area contributed by atoms with Crippen molar-refractivity contribution < 1.29 is 18.0 Å². The summed E-state index contributed by atoms with van der Waals surface area (Å²) in [4.78, 5) is 29.5. The van der Waals surface area contributed by atoms with Gasteiger partial charge in [-0.2, -0.15) is 4.31 Å². The van der Waals surface area contributed by atoms with Gasteiger partial charge in [-0.15, -0.1) is 0 Å². The van der Waals surface area contributed by atoms with Crippen LogP contribution in [0.4, 0.5) is 5.69 Å². The van der Waals surface area contributed by atoms with Crippen molar-refractivity contribution >= 4 is 38.3 Å². The van der Waals surface area contributed by atoms with Gasteiger partial charge in [0.2, 0.25) is 15.9 Å². The third-order valence-corrected chi connectivity index (χ3v) is 8.68. The molecule has 8 heteroatoms. The number of fused-ring (bicyclic) bond motifs is 1. The normalized spacial score (nSPS) is 20.4. The molecule has 1 atom stereocenters. The first-order valence-electron chi connectivity index (χ1n) is 11.4. The molecule has 0 N–H and O–H groups in total. The van der Waals surface area contributed by atoms with Gasteiger partial charge in [-0.1, -0.05) is 48.0 Å². The number of hydrogen-bond donors (Lipinski definition) is 0. The molecule has 0 spiro atoms. The number of sulfonamides is 1. The van der Waals surface area contributed by atoms with Gasteiger partial charge in [0.05, 0.1) is 23.0 Å². The molecule has 5 rings (SSSR count). The minimum Gasteiger partial charge on any atom is -0.289 e. The molecular weight excluding hydrogens is 450 g/mol. The average molecular weight is 478 g/mol. The van der Waals surface area contributed by atoms with Crippen LogP contribution < -0.4 is 4.90 Å². The first-order valence-corrected chi connectivity index (χ1v) is 12.9. The molecule has 2 fully saturated rings. The minimum atomic E-state index is -3.64. The highest BCUT2D eigenvalue weighted by atomic mass is 32.2. The molecule has 7 nitrogen and oxygen atoms in total. The monoisotopic (exact) mass is 477 g/mol. The van der Waals surface area contributed by atoms with E-state index in [9.17, 15) is 18.0 Å². The zero-order valence-corrected chi connectivity index (χ0v) is 20.1. The summed E-state index contributed by atoms with van der Waals surface area (Å²) >= 11 is 0. The Morgan fingerprint density at radius 2 is 1.53 bits per heavy atom. The fourth-order valence-corrected chi connectivity index (χ4v) is 6.40. The number of aryl methyl sites for hydroxylation is 2. The molecule has 2 aliphatic heterocycles. The van der Waals surface area contributed by atoms with Crippen molar-refractivity contribution in [1.29, 1.82) is 0 Å². The number of nitrogens with zero attached hydrogens (tertiary/aromatic N) is 3. The molecule has 2 aliphatic rings. The minimum absolute atomic E-state index is 0.115. The van der Waals surface area contributed by atoms with Gasteiger partial charge in [0, 0.05) is 26.2 Å². The summed E-state index contributed by atoms with van der Waals surface area (Å²) in [6.45, 7) is 5.22. The van der Waals surface area contributed by atoms with Crippen molar-refractivity contribution in [3.63, 3.8) is 0 Å². The molecule has 3 aromatic rings. The summed E-state index contributed by atoms with van der Waals surface area (Å²) in [6.07, 6.45) is 0.115. The van der Waals surface area contributed by atoms with Gasteiger partial charge in [-0.3, -0.25) is 14.5 Å². The molecule has 2 amide bonds. The van der Waals surface area contributed by atoms with E-state index in [2.05, 4.69) is 0 Å². The van der Waals surface area contributed by atoms with Crippen LogP contribution in [0.5, 0.6) is 0 Å². The quantitative estimate of drug-likeness (QED) is 0.540. The van der Waals surface area contributed by atoms with Crippen LogP contribution in [0.25, 0.3) is 10.8 Å². The maximum absolute atomic E-state index is 13.3. The Morgan fingerprint density at radius 1 is 0.824 bits per heavy atom. The second kappa shape index (κ2) is 8.61. The standard InChI is InChI=1S/C26H27N3O4S/c1-18-7-10-23(19(2)15-18)29-25(30)17-24(26(29)31)27-11-13-28(14-12-27)34(32,33)22-9-8-20-5-3-4-6-21(20)16-22/h3-10,15-16,24H,11-14,17H2,1-2H3. The highest BCUT2D eigenvalue weighted by Gasteiger charge is 2.44. The number of benzene rings is 3. The van der Waals surface area contributed by atoms with Gasteiger partial charge in [0.1, 0.15) is 0 Å². The van der Waals surface area contributed by atoms with Gasteiger partial charge in [0.25, 0.3) is 5.91 Å². The number of carbonyl (C=O) groups is 2. The molecule has 0 aliphatic carbocycles. The second-order valence-electron chi connectivity index (χ2n) is 9.03. The van der Waals surface area contributed by atoms with Crippen LogP contribution in [0.2, 0.25) is 0 Å². The topological polar surface area (TPSA) is 78.0 Å². The Morgan fingerprint density at radius 3 is 2.24 bits per heavy atom. The zero-order chi connectivity index (χ0) is 24.0. The van der Waals surface area contributed by atoms with Gasteiger partial charge in [-0.25, -0.2) is 13.3 Å². The number of amides is 2. The third-order valence-electron chi connectivity index (χ3n) is 6.79. The van der Waals surface area contributed by atoms with E-state index in [0.29, 0.717) is 18.8 Å². The summed E-state index contributed by atoms with van der Waals surface area (Å²) in [6, 6.07) is 17.9. The van der Waals surface area contributed by atoms with Crippen LogP contribution in [-0.4, -0.2) is 61.7 Å². The van der Waals surface area contributed by atoms with E-state index >= 15 is 0 Å². The lowest BCUT2D eigenvalue weighted by molar-refractivity contribution is -0.123. The number of hydrogen-bond acceptors (Lipinski definition) is 5. The molecule has 2 saturated heterocycles. The fraction of sp³-hybridized carbons (Fsp3) is 0.308. The molecule has 0 aromatic heterocycles. The lowest BCUT2D eigenvalue weighted by atomic mass is 10.1. The van der Waals surface area contributed by atoms with Crippen LogP contribution in [0, 0.1) is 13.8 Å². The zero-order valence-electron chi connectivity index (χ0n) is 19.3. The maximum atomic E-state index is 13.3. The molecule has 2 heterocycles. The number of piperazine rings is 1. The maximum Gasteiger partial charge on any atom is 0.251 e. The van der Waals surface area contributed by atoms with Crippen LogP contribution in [0.3, 0.4) is 0 Å². The molecule has 1 unspecified atom stereocenters. The van der Waals surface area contributed by atoms with E-state index in [4.69, 9.17) is 0 Å².